The van der Waals surface area contributed by atoms with Crippen LogP contribution >= 0.6 is 0 Å². The molecule has 1 fully saturated rings. The highest BCUT2D eigenvalue weighted by molar-refractivity contribution is 4.89. The standard InChI is InChI=1S/C14H30N2O/c1-5-14(4)6-8-16(9-7-14)12(10-17)13(15)11(2)3/h11-13,17H,5-10,15H2,1-4H3. The summed E-state index contributed by atoms with van der Waals surface area (Å²) in [5.41, 5.74) is 6.70. The highest BCUT2D eigenvalue weighted by atomic mass is 16.3. The first-order chi connectivity index (χ1) is 7.93. The van der Waals surface area contributed by atoms with Crippen molar-refractivity contribution in [1.29, 1.82) is 0 Å². The minimum atomic E-state index is 0.0750. The summed E-state index contributed by atoms with van der Waals surface area (Å²) in [7, 11) is 0. The maximum atomic E-state index is 9.56. The van der Waals surface area contributed by atoms with E-state index < -0.39 is 0 Å². The van der Waals surface area contributed by atoms with Crippen LogP contribution in [0.3, 0.4) is 0 Å². The Kier molecular flexibility index (Phi) is 5.42. The molecule has 0 radical (unpaired) electrons. The van der Waals surface area contributed by atoms with Crippen LogP contribution in [0.5, 0.6) is 0 Å². The van der Waals surface area contributed by atoms with Crippen LogP contribution < -0.4 is 5.73 Å². The van der Waals surface area contributed by atoms with Crippen LogP contribution in [0.15, 0.2) is 0 Å². The number of nitrogens with two attached hydrogens (primary N) is 1. The zero-order valence-electron chi connectivity index (χ0n) is 11.9. The molecule has 0 aliphatic carbocycles. The first-order valence-corrected chi connectivity index (χ1v) is 7.04. The Morgan fingerprint density at radius 1 is 1.29 bits per heavy atom. The fourth-order valence-corrected chi connectivity index (χ4v) is 2.67. The Hall–Kier alpha value is -0.120. The van der Waals surface area contributed by atoms with Crippen molar-refractivity contribution in [2.24, 2.45) is 17.1 Å². The van der Waals surface area contributed by atoms with Crippen molar-refractivity contribution in [3.05, 3.63) is 0 Å². The van der Waals surface area contributed by atoms with E-state index in [1.165, 1.54) is 19.3 Å². The van der Waals surface area contributed by atoms with Crippen LogP contribution in [-0.4, -0.2) is 41.8 Å². The van der Waals surface area contributed by atoms with Gasteiger partial charge in [0.25, 0.3) is 0 Å². The molecule has 1 saturated heterocycles. The summed E-state index contributed by atoms with van der Waals surface area (Å²) in [6, 6.07) is 0.211. The number of nitrogens with zero attached hydrogens (tertiary/aromatic N) is 1. The third-order valence-electron chi connectivity index (χ3n) is 4.73. The number of piperidine rings is 1. The van der Waals surface area contributed by atoms with Crippen LogP contribution in [-0.2, 0) is 0 Å². The van der Waals surface area contributed by atoms with Crippen molar-refractivity contribution < 1.29 is 5.11 Å². The second-order valence-electron chi connectivity index (χ2n) is 6.27. The summed E-state index contributed by atoms with van der Waals surface area (Å²) in [5, 5.41) is 9.56. The van der Waals surface area contributed by atoms with E-state index >= 15 is 0 Å². The molecule has 0 spiro atoms. The molecule has 1 aliphatic rings. The highest BCUT2D eigenvalue weighted by Gasteiger charge is 2.33. The lowest BCUT2D eigenvalue weighted by atomic mass is 9.77. The van der Waals surface area contributed by atoms with E-state index in [2.05, 4.69) is 32.6 Å². The Morgan fingerprint density at radius 2 is 1.82 bits per heavy atom. The van der Waals surface area contributed by atoms with Crippen LogP contribution in [0.4, 0.5) is 0 Å². The number of likely N-dealkylation sites (tertiary alicyclic amines) is 1. The van der Waals surface area contributed by atoms with Crippen LogP contribution in [0.25, 0.3) is 0 Å². The summed E-state index contributed by atoms with van der Waals surface area (Å²) in [6.07, 6.45) is 3.70. The molecule has 0 saturated carbocycles. The molecule has 0 bridgehead atoms. The molecule has 17 heavy (non-hydrogen) atoms. The van der Waals surface area contributed by atoms with Gasteiger partial charge in [0.2, 0.25) is 0 Å². The molecule has 3 N–H and O–H groups in total. The zero-order valence-corrected chi connectivity index (χ0v) is 11.9. The number of aliphatic hydroxyl groups is 1. The van der Waals surface area contributed by atoms with Crippen molar-refractivity contribution >= 4 is 0 Å². The van der Waals surface area contributed by atoms with E-state index in [9.17, 15) is 5.11 Å². The SMILES string of the molecule is CCC1(C)CCN(C(CO)C(N)C(C)C)CC1. The topological polar surface area (TPSA) is 49.5 Å². The first kappa shape index (κ1) is 14.9. The van der Waals surface area contributed by atoms with Gasteiger partial charge in [0, 0.05) is 12.1 Å². The molecule has 2 unspecified atom stereocenters. The average Bonchev–Trinajstić information content (AvgIpc) is 2.32. The first-order valence-electron chi connectivity index (χ1n) is 7.04. The molecule has 2 atom stereocenters. The lowest BCUT2D eigenvalue weighted by Crippen LogP contribution is -2.55. The summed E-state index contributed by atoms with van der Waals surface area (Å²) in [6.45, 7) is 11.3. The second-order valence-corrected chi connectivity index (χ2v) is 6.27. The zero-order chi connectivity index (χ0) is 13.1. The molecule has 1 aliphatic heterocycles. The van der Waals surface area contributed by atoms with Crippen molar-refractivity contribution in [3.8, 4) is 0 Å². The second kappa shape index (κ2) is 6.17. The minimum absolute atomic E-state index is 0.0750. The average molecular weight is 242 g/mol. The van der Waals surface area contributed by atoms with Crippen LogP contribution in [0.1, 0.15) is 47.0 Å². The lowest BCUT2D eigenvalue weighted by Gasteiger charge is -2.44. The van der Waals surface area contributed by atoms with Crippen LogP contribution in [0.2, 0.25) is 0 Å². The Labute approximate surface area is 106 Å². The third-order valence-corrected chi connectivity index (χ3v) is 4.73. The number of hydrogen-bond acceptors (Lipinski definition) is 3. The van der Waals surface area contributed by atoms with Gasteiger partial charge < -0.3 is 10.8 Å². The molecular formula is C14H30N2O. The summed E-state index contributed by atoms with van der Waals surface area (Å²) >= 11 is 0. The van der Waals surface area contributed by atoms with E-state index in [4.69, 9.17) is 5.73 Å². The lowest BCUT2D eigenvalue weighted by molar-refractivity contribution is 0.0357. The summed E-state index contributed by atoms with van der Waals surface area (Å²) < 4.78 is 0. The monoisotopic (exact) mass is 242 g/mol. The fourth-order valence-electron chi connectivity index (χ4n) is 2.67. The van der Waals surface area contributed by atoms with Crippen LogP contribution in [0, 0.1) is 11.3 Å². The van der Waals surface area contributed by atoms with Gasteiger partial charge in [0.05, 0.1) is 6.61 Å². The van der Waals surface area contributed by atoms with E-state index in [1.807, 2.05) is 0 Å². The Balaban J connectivity index is 2.56. The summed E-state index contributed by atoms with van der Waals surface area (Å²) in [4.78, 5) is 2.39. The van der Waals surface area contributed by atoms with E-state index in [1.54, 1.807) is 0 Å². The predicted molar refractivity (Wildman–Crippen MR) is 72.9 cm³/mol. The number of rotatable bonds is 5. The minimum Gasteiger partial charge on any atom is -0.395 e. The maximum absolute atomic E-state index is 9.56. The molecule has 1 heterocycles. The van der Waals surface area contributed by atoms with E-state index in [0.29, 0.717) is 11.3 Å². The Bertz CT molecular complexity index is 222. The third kappa shape index (κ3) is 3.67. The molecule has 0 aromatic rings. The fraction of sp³-hybridized carbons (Fsp3) is 1.00. The number of aliphatic hydroxyl groups excluding tert-OH is 1. The van der Waals surface area contributed by atoms with E-state index in [0.717, 1.165) is 13.1 Å². The molecule has 0 aromatic heterocycles. The highest BCUT2D eigenvalue weighted by Crippen LogP contribution is 2.34. The van der Waals surface area contributed by atoms with Gasteiger partial charge in [0.15, 0.2) is 0 Å². The van der Waals surface area contributed by atoms with Gasteiger partial charge in [-0.25, -0.2) is 0 Å². The molecule has 0 amide bonds. The molecule has 102 valence electrons. The van der Waals surface area contributed by atoms with Crippen molar-refractivity contribution in [3.63, 3.8) is 0 Å². The molecule has 3 heteroatoms. The maximum Gasteiger partial charge on any atom is 0.0602 e. The largest absolute Gasteiger partial charge is 0.395 e. The van der Waals surface area contributed by atoms with Gasteiger partial charge in [0.1, 0.15) is 0 Å². The van der Waals surface area contributed by atoms with Gasteiger partial charge in [-0.15, -0.1) is 0 Å². The van der Waals surface area contributed by atoms with E-state index in [-0.39, 0.29) is 18.7 Å². The molecule has 3 nitrogen and oxygen atoms in total. The van der Waals surface area contributed by atoms with Gasteiger partial charge in [-0.1, -0.05) is 34.1 Å². The van der Waals surface area contributed by atoms with Gasteiger partial charge in [-0.05, 0) is 37.3 Å². The van der Waals surface area contributed by atoms with Gasteiger partial charge >= 0.3 is 0 Å². The Morgan fingerprint density at radius 3 is 2.18 bits per heavy atom. The molecule has 1 rings (SSSR count). The van der Waals surface area contributed by atoms with Crippen molar-refractivity contribution in [2.45, 2.75) is 59.0 Å². The van der Waals surface area contributed by atoms with Crippen molar-refractivity contribution in [2.75, 3.05) is 19.7 Å². The smallest absolute Gasteiger partial charge is 0.0602 e. The number of hydrogen-bond donors (Lipinski definition) is 2. The van der Waals surface area contributed by atoms with Gasteiger partial charge in [-0.3, -0.25) is 4.90 Å². The summed E-state index contributed by atoms with van der Waals surface area (Å²) in [5.74, 6) is 0.423. The molecular weight excluding hydrogens is 212 g/mol. The predicted octanol–water partition coefficient (Wildman–Crippen LogP) is 1.84. The van der Waals surface area contributed by atoms with Crippen molar-refractivity contribution in [1.82, 2.24) is 4.90 Å². The quantitative estimate of drug-likeness (QED) is 0.773. The van der Waals surface area contributed by atoms with Gasteiger partial charge in [-0.2, -0.15) is 0 Å². The normalized spacial score (nSPS) is 24.9. The molecule has 0 aromatic carbocycles.